The number of rotatable bonds is 3. The molecule has 0 unspecified atom stereocenters. The molecule has 0 spiro atoms. The summed E-state index contributed by atoms with van der Waals surface area (Å²) in [6.07, 6.45) is 0.397. The minimum absolute atomic E-state index is 0. The average Bonchev–Trinajstić information content (AvgIpc) is 2.56. The fourth-order valence-electron chi connectivity index (χ4n) is 2.48. The molecule has 3 N–H and O–H groups in total. The zero-order valence-corrected chi connectivity index (χ0v) is 13.7. The van der Waals surface area contributed by atoms with Crippen LogP contribution in [0.25, 0.3) is 10.9 Å². The largest absolute Gasteiger partial charge is 0.340 e. The highest BCUT2D eigenvalue weighted by molar-refractivity contribution is 5.93. The van der Waals surface area contributed by atoms with Crippen LogP contribution in [0.2, 0.25) is 0 Å². The highest BCUT2D eigenvalue weighted by Gasteiger charge is 2.14. The molecule has 0 radical (unpaired) electrons. The van der Waals surface area contributed by atoms with E-state index in [0.29, 0.717) is 29.0 Å². The molecule has 1 aromatic heterocycles. The molecule has 8 heteroatoms. The number of hydrogen-bond acceptors (Lipinski definition) is 5. The number of fused-ring (bicyclic) bond motifs is 1. The van der Waals surface area contributed by atoms with Crippen molar-refractivity contribution >= 4 is 40.9 Å². The van der Waals surface area contributed by atoms with E-state index in [0.717, 1.165) is 26.2 Å². The molecule has 0 atom stereocenters. The van der Waals surface area contributed by atoms with Gasteiger partial charge in [0, 0.05) is 38.3 Å². The van der Waals surface area contributed by atoms with E-state index in [4.69, 9.17) is 0 Å². The summed E-state index contributed by atoms with van der Waals surface area (Å²) < 4.78 is 0. The summed E-state index contributed by atoms with van der Waals surface area (Å²) in [4.78, 5) is 33.2. The maximum Gasteiger partial charge on any atom is 0.260 e. The highest BCUT2D eigenvalue weighted by Crippen LogP contribution is 2.17. The number of carbonyl (C=O) groups is 1. The van der Waals surface area contributed by atoms with Gasteiger partial charge in [-0.05, 0) is 18.2 Å². The normalized spacial score (nSPS) is 14.4. The van der Waals surface area contributed by atoms with Crippen LogP contribution in [0.3, 0.4) is 0 Å². The van der Waals surface area contributed by atoms with Crippen molar-refractivity contribution in [1.29, 1.82) is 0 Å². The Kier molecular flexibility index (Phi) is 5.57. The summed E-state index contributed by atoms with van der Waals surface area (Å²) >= 11 is 0. The van der Waals surface area contributed by atoms with Crippen LogP contribution in [0.5, 0.6) is 0 Å². The van der Waals surface area contributed by atoms with Gasteiger partial charge in [0.05, 0.1) is 10.9 Å². The predicted octanol–water partition coefficient (Wildman–Crippen LogP) is 1.10. The monoisotopic (exact) mass is 337 g/mol. The molecule has 124 valence electrons. The molecule has 1 aliphatic rings. The van der Waals surface area contributed by atoms with Gasteiger partial charge in [-0.15, -0.1) is 12.4 Å². The van der Waals surface area contributed by atoms with Crippen molar-refractivity contribution in [3.8, 4) is 0 Å². The average molecular weight is 338 g/mol. The molecule has 1 fully saturated rings. The van der Waals surface area contributed by atoms with Crippen molar-refractivity contribution in [3.63, 3.8) is 0 Å². The first-order valence-corrected chi connectivity index (χ1v) is 7.47. The van der Waals surface area contributed by atoms with Crippen LogP contribution in [0.15, 0.2) is 23.0 Å². The van der Waals surface area contributed by atoms with Crippen molar-refractivity contribution in [3.05, 3.63) is 28.6 Å². The Morgan fingerprint density at radius 3 is 2.78 bits per heavy atom. The van der Waals surface area contributed by atoms with Crippen LogP contribution < -0.4 is 21.1 Å². The third-order valence-electron chi connectivity index (χ3n) is 3.71. The van der Waals surface area contributed by atoms with Crippen LogP contribution in [-0.4, -0.2) is 42.1 Å². The van der Waals surface area contributed by atoms with Gasteiger partial charge < -0.3 is 15.5 Å². The molecular formula is C15H20ClN5O2. The molecule has 1 saturated heterocycles. The van der Waals surface area contributed by atoms with Crippen molar-refractivity contribution in [1.82, 2.24) is 15.3 Å². The van der Waals surface area contributed by atoms with Gasteiger partial charge in [0.15, 0.2) is 0 Å². The van der Waals surface area contributed by atoms with E-state index in [-0.39, 0.29) is 23.9 Å². The van der Waals surface area contributed by atoms with Crippen LogP contribution in [0.1, 0.15) is 13.3 Å². The molecule has 23 heavy (non-hydrogen) atoms. The second-order valence-electron chi connectivity index (χ2n) is 5.26. The molecule has 1 aromatic carbocycles. The van der Waals surface area contributed by atoms with Gasteiger partial charge in [0.1, 0.15) is 0 Å². The number of aromatic amines is 1. The van der Waals surface area contributed by atoms with Crippen LogP contribution in [0, 0.1) is 0 Å². The Morgan fingerprint density at radius 2 is 2.09 bits per heavy atom. The lowest BCUT2D eigenvalue weighted by Crippen LogP contribution is -2.44. The second kappa shape index (κ2) is 7.43. The van der Waals surface area contributed by atoms with E-state index in [1.54, 1.807) is 25.1 Å². The minimum atomic E-state index is -0.189. The fraction of sp³-hybridized carbons (Fsp3) is 0.400. The van der Waals surface area contributed by atoms with Gasteiger partial charge in [-0.2, -0.15) is 0 Å². The predicted molar refractivity (Wildman–Crippen MR) is 93.6 cm³/mol. The lowest BCUT2D eigenvalue weighted by molar-refractivity contribution is -0.115. The Labute approximate surface area is 139 Å². The number of carbonyl (C=O) groups excluding carboxylic acids is 1. The van der Waals surface area contributed by atoms with Crippen molar-refractivity contribution in [2.45, 2.75) is 13.3 Å². The standard InChI is InChI=1S/C15H19N5O2.ClH/c1-2-13(21)17-10-3-4-12-11(9-10)14(22)19-15(18-12)20-7-5-16-6-8-20;/h3-4,9,16H,2,5-8H2,1H3,(H,17,21)(H,18,19,22);1H. The summed E-state index contributed by atoms with van der Waals surface area (Å²) in [7, 11) is 0. The molecule has 3 rings (SSSR count). The molecule has 0 saturated carbocycles. The molecule has 2 aromatic rings. The lowest BCUT2D eigenvalue weighted by Gasteiger charge is -2.27. The number of benzene rings is 1. The summed E-state index contributed by atoms with van der Waals surface area (Å²) in [6, 6.07) is 5.20. The maximum absolute atomic E-state index is 12.3. The molecule has 0 bridgehead atoms. The SMILES string of the molecule is CCC(=O)Nc1ccc2nc(N3CCNCC3)[nH]c(=O)c2c1.Cl. The number of piperazine rings is 1. The number of H-pyrrole nitrogens is 1. The molecule has 0 aliphatic carbocycles. The van der Waals surface area contributed by atoms with Gasteiger partial charge in [-0.25, -0.2) is 4.98 Å². The summed E-state index contributed by atoms with van der Waals surface area (Å²) in [6.45, 7) is 5.18. The minimum Gasteiger partial charge on any atom is -0.340 e. The Balaban J connectivity index is 0.00000192. The van der Waals surface area contributed by atoms with E-state index in [9.17, 15) is 9.59 Å². The summed E-state index contributed by atoms with van der Waals surface area (Å²) in [5.41, 5.74) is 1.06. The molecule has 7 nitrogen and oxygen atoms in total. The van der Waals surface area contributed by atoms with E-state index < -0.39 is 0 Å². The first kappa shape index (κ1) is 17.2. The molecule has 2 heterocycles. The van der Waals surface area contributed by atoms with Crippen LogP contribution in [-0.2, 0) is 4.79 Å². The van der Waals surface area contributed by atoms with Gasteiger partial charge in [-0.3, -0.25) is 14.6 Å². The van der Waals surface area contributed by atoms with E-state index in [1.165, 1.54) is 0 Å². The first-order chi connectivity index (χ1) is 10.7. The first-order valence-electron chi connectivity index (χ1n) is 7.47. The van der Waals surface area contributed by atoms with Gasteiger partial charge in [0.2, 0.25) is 11.9 Å². The zero-order valence-electron chi connectivity index (χ0n) is 12.9. The van der Waals surface area contributed by atoms with E-state index >= 15 is 0 Å². The second-order valence-corrected chi connectivity index (χ2v) is 5.26. The molecule has 1 aliphatic heterocycles. The molecule has 1 amide bonds. The summed E-state index contributed by atoms with van der Waals surface area (Å²) in [5.74, 6) is 0.519. The zero-order chi connectivity index (χ0) is 15.5. The Morgan fingerprint density at radius 1 is 1.35 bits per heavy atom. The van der Waals surface area contributed by atoms with E-state index in [1.807, 2.05) is 0 Å². The number of aromatic nitrogens is 2. The lowest BCUT2D eigenvalue weighted by atomic mass is 10.2. The van der Waals surface area contributed by atoms with Gasteiger partial charge in [-0.1, -0.05) is 6.92 Å². The maximum atomic E-state index is 12.3. The van der Waals surface area contributed by atoms with Crippen molar-refractivity contribution in [2.75, 3.05) is 36.4 Å². The van der Waals surface area contributed by atoms with E-state index in [2.05, 4.69) is 25.5 Å². The number of halogens is 1. The fourth-order valence-corrected chi connectivity index (χ4v) is 2.48. The van der Waals surface area contributed by atoms with Gasteiger partial charge in [0.25, 0.3) is 5.56 Å². The third kappa shape index (κ3) is 3.80. The Bertz CT molecular complexity index is 755. The quantitative estimate of drug-likeness (QED) is 0.780. The van der Waals surface area contributed by atoms with Crippen molar-refractivity contribution in [2.24, 2.45) is 0 Å². The number of amides is 1. The third-order valence-corrected chi connectivity index (χ3v) is 3.71. The number of nitrogens with zero attached hydrogens (tertiary/aromatic N) is 2. The van der Waals surface area contributed by atoms with Gasteiger partial charge >= 0.3 is 0 Å². The topological polar surface area (TPSA) is 90.1 Å². The van der Waals surface area contributed by atoms with Crippen molar-refractivity contribution < 1.29 is 4.79 Å². The smallest absolute Gasteiger partial charge is 0.260 e. The summed E-state index contributed by atoms with van der Waals surface area (Å²) in [5, 5.41) is 6.50. The number of hydrogen-bond donors (Lipinski definition) is 3. The highest BCUT2D eigenvalue weighted by atomic mass is 35.5. The Hall–Kier alpha value is -2.12. The van der Waals surface area contributed by atoms with Crippen LogP contribution >= 0.6 is 12.4 Å². The van der Waals surface area contributed by atoms with Crippen LogP contribution in [0.4, 0.5) is 11.6 Å². The number of anilines is 2. The number of nitrogens with one attached hydrogen (secondary N) is 3. The molecular weight excluding hydrogens is 318 g/mol.